The molecular formula is C18H15ClN6O2. The Morgan fingerprint density at radius 1 is 1.15 bits per heavy atom. The average Bonchev–Trinajstić information content (AvgIpc) is 3.31. The highest BCUT2D eigenvalue weighted by atomic mass is 35.5. The summed E-state index contributed by atoms with van der Waals surface area (Å²) in [6, 6.07) is 14.3. The molecule has 0 fully saturated rings. The predicted octanol–water partition coefficient (Wildman–Crippen LogP) is 2.18. The molecule has 0 radical (unpaired) electrons. The summed E-state index contributed by atoms with van der Waals surface area (Å²) in [6.45, 7) is 1.85. The van der Waals surface area contributed by atoms with Crippen molar-refractivity contribution in [1.82, 2.24) is 30.0 Å². The van der Waals surface area contributed by atoms with Crippen LogP contribution < -0.4 is 5.69 Å². The molecule has 0 aliphatic carbocycles. The van der Waals surface area contributed by atoms with Crippen molar-refractivity contribution in [3.8, 4) is 11.4 Å². The Bertz CT molecular complexity index is 1150. The van der Waals surface area contributed by atoms with Gasteiger partial charge < -0.3 is 5.11 Å². The lowest BCUT2D eigenvalue weighted by Gasteiger charge is -2.16. The number of aliphatic hydroxyl groups is 1. The number of nitrogens with one attached hydrogen (secondary N) is 1. The Balaban J connectivity index is 1.76. The maximum Gasteiger partial charge on any atom is 0.365 e. The summed E-state index contributed by atoms with van der Waals surface area (Å²) in [5.41, 5.74) is 2.56. The van der Waals surface area contributed by atoms with E-state index in [1.165, 1.54) is 0 Å². The number of halogens is 1. The first-order chi connectivity index (χ1) is 13.0. The topological polar surface area (TPSA) is 102 Å². The van der Waals surface area contributed by atoms with Crippen molar-refractivity contribution in [2.24, 2.45) is 0 Å². The van der Waals surface area contributed by atoms with Crippen molar-refractivity contribution < 1.29 is 5.11 Å². The second-order valence-electron chi connectivity index (χ2n) is 5.99. The number of nitrogens with zero attached hydrogens (tertiary/aromatic N) is 5. The molecule has 2 aromatic heterocycles. The number of aromatic amines is 1. The van der Waals surface area contributed by atoms with Crippen LogP contribution in [-0.4, -0.2) is 35.1 Å². The minimum atomic E-state index is -1.04. The van der Waals surface area contributed by atoms with E-state index in [9.17, 15) is 9.90 Å². The molecule has 2 aromatic carbocycles. The molecule has 2 heterocycles. The molecule has 9 heteroatoms. The zero-order valence-electron chi connectivity index (χ0n) is 14.2. The Hall–Kier alpha value is -3.23. The molecule has 0 saturated carbocycles. The van der Waals surface area contributed by atoms with Crippen LogP contribution in [-0.2, 0) is 0 Å². The molecule has 1 unspecified atom stereocenters. The lowest BCUT2D eigenvalue weighted by molar-refractivity contribution is 0.213. The molecular weight excluding hydrogens is 368 g/mol. The molecule has 0 aliphatic rings. The van der Waals surface area contributed by atoms with Crippen molar-refractivity contribution in [3.63, 3.8) is 0 Å². The van der Waals surface area contributed by atoms with Gasteiger partial charge in [-0.25, -0.2) is 14.6 Å². The smallest absolute Gasteiger partial charge is 0.365 e. The van der Waals surface area contributed by atoms with E-state index >= 15 is 0 Å². The van der Waals surface area contributed by atoms with E-state index in [0.717, 1.165) is 15.9 Å². The first-order valence-electron chi connectivity index (χ1n) is 8.14. The molecule has 136 valence electrons. The van der Waals surface area contributed by atoms with Gasteiger partial charge in [0.1, 0.15) is 6.10 Å². The van der Waals surface area contributed by atoms with Gasteiger partial charge in [-0.3, -0.25) is 0 Å². The van der Waals surface area contributed by atoms with E-state index in [0.29, 0.717) is 22.0 Å². The normalized spacial score (nSPS) is 12.3. The SMILES string of the molecule is Cc1cccc(-n2nn[nH]c2=O)c1C(O)c1ccn(-c2ccc(Cl)cc2)n1. The number of hydrogen-bond donors (Lipinski definition) is 2. The number of aliphatic hydroxyl groups excluding tert-OH is 1. The van der Waals surface area contributed by atoms with Crippen molar-refractivity contribution in [3.05, 3.63) is 87.1 Å². The van der Waals surface area contributed by atoms with Crippen LogP contribution in [0.1, 0.15) is 22.9 Å². The summed E-state index contributed by atoms with van der Waals surface area (Å²) in [5, 5.41) is 25.6. The van der Waals surface area contributed by atoms with Gasteiger partial charge >= 0.3 is 5.69 Å². The van der Waals surface area contributed by atoms with Crippen LogP contribution in [0.3, 0.4) is 0 Å². The largest absolute Gasteiger partial charge is 0.382 e. The second kappa shape index (κ2) is 6.82. The van der Waals surface area contributed by atoms with Gasteiger partial charge in [0.2, 0.25) is 0 Å². The molecule has 0 aliphatic heterocycles. The van der Waals surface area contributed by atoms with E-state index in [1.54, 1.807) is 41.2 Å². The molecule has 8 nitrogen and oxygen atoms in total. The minimum absolute atomic E-state index is 0.442. The van der Waals surface area contributed by atoms with E-state index < -0.39 is 11.8 Å². The van der Waals surface area contributed by atoms with Crippen molar-refractivity contribution in [1.29, 1.82) is 0 Å². The molecule has 0 saturated heterocycles. The standard InChI is InChI=1S/C18H15ClN6O2/c1-11-3-2-4-15(25-18(27)20-22-23-25)16(11)17(26)14-9-10-24(21-14)13-7-5-12(19)6-8-13/h2-10,17,26H,1H3,(H,20,23,27). The first kappa shape index (κ1) is 17.2. The fourth-order valence-electron chi connectivity index (χ4n) is 2.93. The lowest BCUT2D eigenvalue weighted by atomic mass is 9.99. The third kappa shape index (κ3) is 3.16. The molecule has 0 bridgehead atoms. The van der Waals surface area contributed by atoms with Crippen molar-refractivity contribution in [2.75, 3.05) is 0 Å². The Labute approximate surface area is 158 Å². The Morgan fingerprint density at radius 2 is 1.93 bits per heavy atom. The van der Waals surface area contributed by atoms with Gasteiger partial charge in [0.05, 0.1) is 17.1 Å². The van der Waals surface area contributed by atoms with Gasteiger partial charge in [-0.1, -0.05) is 23.7 Å². The number of benzene rings is 2. The summed E-state index contributed by atoms with van der Waals surface area (Å²) in [4.78, 5) is 11.9. The highest BCUT2D eigenvalue weighted by Gasteiger charge is 2.22. The summed E-state index contributed by atoms with van der Waals surface area (Å²) in [6.07, 6.45) is 0.709. The lowest BCUT2D eigenvalue weighted by Crippen LogP contribution is -2.19. The third-order valence-corrected chi connectivity index (χ3v) is 4.51. The van der Waals surface area contributed by atoms with E-state index in [1.807, 2.05) is 25.1 Å². The van der Waals surface area contributed by atoms with Crippen LogP contribution in [0.15, 0.2) is 59.5 Å². The van der Waals surface area contributed by atoms with Gasteiger partial charge in [-0.2, -0.15) is 9.78 Å². The quantitative estimate of drug-likeness (QED) is 0.563. The third-order valence-electron chi connectivity index (χ3n) is 4.26. The van der Waals surface area contributed by atoms with Crippen molar-refractivity contribution >= 4 is 11.6 Å². The zero-order chi connectivity index (χ0) is 19.0. The second-order valence-corrected chi connectivity index (χ2v) is 6.43. The summed E-state index contributed by atoms with van der Waals surface area (Å²) in [5.74, 6) is 0. The average molecular weight is 383 g/mol. The van der Waals surface area contributed by atoms with Crippen molar-refractivity contribution in [2.45, 2.75) is 13.0 Å². The van der Waals surface area contributed by atoms with Gasteiger partial charge in [0.25, 0.3) is 0 Å². The van der Waals surface area contributed by atoms with Gasteiger partial charge in [-0.15, -0.1) is 0 Å². The molecule has 2 N–H and O–H groups in total. The molecule has 0 spiro atoms. The molecule has 1 atom stereocenters. The minimum Gasteiger partial charge on any atom is -0.382 e. The number of H-pyrrole nitrogens is 1. The summed E-state index contributed by atoms with van der Waals surface area (Å²) >= 11 is 5.92. The highest BCUT2D eigenvalue weighted by molar-refractivity contribution is 6.30. The number of rotatable bonds is 4. The van der Waals surface area contributed by atoms with Gasteiger partial charge in [0.15, 0.2) is 0 Å². The van der Waals surface area contributed by atoms with E-state index in [4.69, 9.17) is 11.6 Å². The summed E-state index contributed by atoms with van der Waals surface area (Å²) in [7, 11) is 0. The maximum absolute atomic E-state index is 11.9. The number of tetrazole rings is 1. The van der Waals surface area contributed by atoms with E-state index in [2.05, 4.69) is 20.6 Å². The highest BCUT2D eigenvalue weighted by Crippen LogP contribution is 2.29. The van der Waals surface area contributed by atoms with Crippen LogP contribution in [0, 0.1) is 6.92 Å². The number of aryl methyl sites for hydroxylation is 1. The number of aromatic nitrogens is 6. The fraction of sp³-hybridized carbons (Fsp3) is 0.111. The van der Waals surface area contributed by atoms with Crippen LogP contribution >= 0.6 is 11.6 Å². The fourth-order valence-corrected chi connectivity index (χ4v) is 3.06. The monoisotopic (exact) mass is 382 g/mol. The molecule has 4 aromatic rings. The van der Waals surface area contributed by atoms with Crippen LogP contribution in [0.25, 0.3) is 11.4 Å². The van der Waals surface area contributed by atoms with Crippen LogP contribution in [0.2, 0.25) is 5.02 Å². The van der Waals surface area contributed by atoms with Gasteiger partial charge in [-0.05, 0) is 59.3 Å². The molecule has 27 heavy (non-hydrogen) atoms. The molecule has 0 amide bonds. The zero-order valence-corrected chi connectivity index (χ0v) is 15.0. The predicted molar refractivity (Wildman–Crippen MR) is 99.4 cm³/mol. The Kier molecular flexibility index (Phi) is 4.35. The molecule has 4 rings (SSSR count). The van der Waals surface area contributed by atoms with Gasteiger partial charge in [0, 0.05) is 16.8 Å². The first-order valence-corrected chi connectivity index (χ1v) is 8.52. The van der Waals surface area contributed by atoms with E-state index in [-0.39, 0.29) is 0 Å². The maximum atomic E-state index is 11.9. The Morgan fingerprint density at radius 3 is 2.63 bits per heavy atom. The van der Waals surface area contributed by atoms with Crippen LogP contribution in [0.4, 0.5) is 0 Å². The number of hydrogen-bond acceptors (Lipinski definition) is 5. The van der Waals surface area contributed by atoms with Crippen LogP contribution in [0.5, 0.6) is 0 Å². The summed E-state index contributed by atoms with van der Waals surface area (Å²) < 4.78 is 2.76.